The Bertz CT molecular complexity index is 639. The summed E-state index contributed by atoms with van der Waals surface area (Å²) in [6.45, 7) is 6.80. The molecule has 2 aromatic heterocycles. The third kappa shape index (κ3) is 4.46. The molecule has 2 N–H and O–H groups in total. The molecule has 2 aromatic rings. The number of rotatable bonds is 9. The number of nitrogens with one attached hydrogen (secondary N) is 1. The monoisotopic (exact) mass is 333 g/mol. The van der Waals surface area contributed by atoms with Crippen LogP contribution in [0.15, 0.2) is 18.3 Å². The number of methoxy groups -OCH3 is 1. The van der Waals surface area contributed by atoms with Crippen molar-refractivity contribution in [2.24, 2.45) is 0 Å². The van der Waals surface area contributed by atoms with Gasteiger partial charge in [-0.2, -0.15) is 5.10 Å². The van der Waals surface area contributed by atoms with Crippen LogP contribution in [0.5, 0.6) is 0 Å². The normalized spacial score (nSPS) is 10.9. The van der Waals surface area contributed by atoms with E-state index in [2.05, 4.69) is 20.3 Å². The summed E-state index contributed by atoms with van der Waals surface area (Å²) in [7, 11) is 3.72. The zero-order chi connectivity index (χ0) is 17.5. The predicted octanol–water partition coefficient (Wildman–Crippen LogP) is 1.58. The number of nitrogens with zero attached hydrogens (tertiary/aromatic N) is 4. The second-order valence-corrected chi connectivity index (χ2v) is 5.77. The van der Waals surface area contributed by atoms with Gasteiger partial charge in [0, 0.05) is 38.5 Å². The Morgan fingerprint density at radius 2 is 2.12 bits per heavy atom. The molecule has 0 fully saturated rings. The molecule has 0 saturated carbocycles. The van der Waals surface area contributed by atoms with Crippen molar-refractivity contribution >= 4 is 11.5 Å². The highest BCUT2D eigenvalue weighted by Crippen LogP contribution is 2.17. The topological polar surface area (TPSA) is 75.4 Å². The fourth-order valence-electron chi connectivity index (χ4n) is 2.55. The molecular formula is C17H27N5O2. The van der Waals surface area contributed by atoms with Gasteiger partial charge in [-0.1, -0.05) is 0 Å². The molecule has 0 bridgehead atoms. The van der Waals surface area contributed by atoms with Crippen molar-refractivity contribution in [2.75, 3.05) is 44.1 Å². The summed E-state index contributed by atoms with van der Waals surface area (Å²) in [6.07, 6.45) is 1.85. The quantitative estimate of drug-likeness (QED) is 0.726. The Kier molecular flexibility index (Phi) is 6.57. The van der Waals surface area contributed by atoms with Crippen LogP contribution < -0.4 is 10.2 Å². The lowest BCUT2D eigenvalue weighted by molar-refractivity contribution is 0.206. The zero-order valence-electron chi connectivity index (χ0n) is 14.9. The number of pyridine rings is 1. The van der Waals surface area contributed by atoms with Crippen LogP contribution in [-0.2, 0) is 17.8 Å². The van der Waals surface area contributed by atoms with Gasteiger partial charge in [0.15, 0.2) is 0 Å². The fraction of sp³-hybridized carbons (Fsp3) is 0.529. The standard InChI is InChI=1S/C17H27N5O2/c1-13-16(14(2)22(20-13)7-9-23)12-19-17-6-5-15(11-18-17)21(3)8-10-24-4/h5-6,11,23H,7-10,12H2,1-4H3,(H,18,19). The summed E-state index contributed by atoms with van der Waals surface area (Å²) in [5.41, 5.74) is 4.25. The van der Waals surface area contributed by atoms with Gasteiger partial charge in [0.1, 0.15) is 5.82 Å². The highest BCUT2D eigenvalue weighted by molar-refractivity contribution is 5.49. The molecule has 7 heteroatoms. The highest BCUT2D eigenvalue weighted by Gasteiger charge is 2.11. The molecule has 0 spiro atoms. The summed E-state index contributed by atoms with van der Waals surface area (Å²) in [6, 6.07) is 4.02. The minimum Gasteiger partial charge on any atom is -0.394 e. The maximum absolute atomic E-state index is 9.08. The second kappa shape index (κ2) is 8.65. The Hall–Kier alpha value is -2.12. The van der Waals surface area contributed by atoms with Crippen molar-refractivity contribution in [1.82, 2.24) is 14.8 Å². The number of likely N-dealkylation sites (N-methyl/N-ethyl adjacent to an activating group) is 1. The summed E-state index contributed by atoms with van der Waals surface area (Å²) in [4.78, 5) is 6.57. The number of aliphatic hydroxyl groups excluding tert-OH is 1. The molecule has 0 aliphatic carbocycles. The van der Waals surface area contributed by atoms with E-state index in [1.165, 1.54) is 0 Å². The lowest BCUT2D eigenvalue weighted by Crippen LogP contribution is -2.22. The van der Waals surface area contributed by atoms with Gasteiger partial charge in [0.05, 0.1) is 37.3 Å². The van der Waals surface area contributed by atoms with Crippen LogP contribution in [0.2, 0.25) is 0 Å². The molecule has 0 atom stereocenters. The number of anilines is 2. The van der Waals surface area contributed by atoms with Crippen LogP contribution >= 0.6 is 0 Å². The maximum atomic E-state index is 9.08. The molecule has 132 valence electrons. The van der Waals surface area contributed by atoms with E-state index >= 15 is 0 Å². The van der Waals surface area contributed by atoms with Crippen molar-refractivity contribution in [3.63, 3.8) is 0 Å². The lowest BCUT2D eigenvalue weighted by atomic mass is 10.2. The average Bonchev–Trinajstić information content (AvgIpc) is 2.85. The first-order valence-corrected chi connectivity index (χ1v) is 8.10. The van der Waals surface area contributed by atoms with E-state index < -0.39 is 0 Å². The molecule has 2 heterocycles. The van der Waals surface area contributed by atoms with Gasteiger partial charge in [-0.25, -0.2) is 4.98 Å². The molecule has 0 aliphatic rings. The number of aromatic nitrogens is 3. The van der Waals surface area contributed by atoms with E-state index in [4.69, 9.17) is 9.84 Å². The van der Waals surface area contributed by atoms with Crippen LogP contribution in [0.1, 0.15) is 17.0 Å². The molecule has 0 radical (unpaired) electrons. The van der Waals surface area contributed by atoms with E-state index in [1.54, 1.807) is 7.11 Å². The first-order valence-electron chi connectivity index (χ1n) is 8.10. The van der Waals surface area contributed by atoms with E-state index in [-0.39, 0.29) is 6.61 Å². The number of hydrogen-bond acceptors (Lipinski definition) is 6. The van der Waals surface area contributed by atoms with Gasteiger partial charge < -0.3 is 20.1 Å². The summed E-state index contributed by atoms with van der Waals surface area (Å²) in [5.74, 6) is 0.826. The minimum atomic E-state index is 0.0917. The largest absolute Gasteiger partial charge is 0.394 e. The molecule has 0 unspecified atom stereocenters. The van der Waals surface area contributed by atoms with E-state index in [0.29, 0.717) is 19.7 Å². The molecule has 0 aromatic carbocycles. The van der Waals surface area contributed by atoms with Crippen LogP contribution in [0.4, 0.5) is 11.5 Å². The molecule has 0 aliphatic heterocycles. The van der Waals surface area contributed by atoms with Crippen LogP contribution in [0, 0.1) is 13.8 Å². The van der Waals surface area contributed by atoms with Gasteiger partial charge >= 0.3 is 0 Å². The predicted molar refractivity (Wildman–Crippen MR) is 95.5 cm³/mol. The first-order chi connectivity index (χ1) is 11.6. The van der Waals surface area contributed by atoms with Crippen molar-refractivity contribution in [2.45, 2.75) is 26.9 Å². The third-order valence-corrected chi connectivity index (χ3v) is 4.11. The van der Waals surface area contributed by atoms with Crippen LogP contribution in [0.25, 0.3) is 0 Å². The molecule has 2 rings (SSSR count). The smallest absolute Gasteiger partial charge is 0.126 e. The van der Waals surface area contributed by atoms with Crippen molar-refractivity contribution < 1.29 is 9.84 Å². The maximum Gasteiger partial charge on any atom is 0.126 e. The summed E-state index contributed by atoms with van der Waals surface area (Å²) >= 11 is 0. The Balaban J connectivity index is 1.97. The minimum absolute atomic E-state index is 0.0917. The first kappa shape index (κ1) is 18.2. The number of ether oxygens (including phenoxy) is 1. The van der Waals surface area contributed by atoms with Gasteiger partial charge in [-0.3, -0.25) is 4.68 Å². The number of hydrogen-bond donors (Lipinski definition) is 2. The van der Waals surface area contributed by atoms with Gasteiger partial charge in [0.2, 0.25) is 0 Å². The molecule has 7 nitrogen and oxygen atoms in total. The molecule has 0 saturated heterocycles. The van der Waals surface area contributed by atoms with Crippen LogP contribution in [-0.4, -0.2) is 53.8 Å². The van der Waals surface area contributed by atoms with E-state index in [1.807, 2.05) is 43.9 Å². The average molecular weight is 333 g/mol. The fourth-order valence-corrected chi connectivity index (χ4v) is 2.55. The zero-order valence-corrected chi connectivity index (χ0v) is 14.9. The van der Waals surface area contributed by atoms with Crippen molar-refractivity contribution in [1.29, 1.82) is 0 Å². The lowest BCUT2D eigenvalue weighted by Gasteiger charge is -2.18. The summed E-state index contributed by atoms with van der Waals surface area (Å²) in [5, 5.41) is 16.9. The molecule has 0 amide bonds. The van der Waals surface area contributed by atoms with Crippen molar-refractivity contribution in [3.05, 3.63) is 35.3 Å². The summed E-state index contributed by atoms with van der Waals surface area (Å²) < 4.78 is 6.93. The van der Waals surface area contributed by atoms with Gasteiger partial charge in [-0.15, -0.1) is 0 Å². The number of aliphatic hydroxyl groups is 1. The third-order valence-electron chi connectivity index (χ3n) is 4.11. The van der Waals surface area contributed by atoms with Gasteiger partial charge in [0.25, 0.3) is 0 Å². The Morgan fingerprint density at radius 1 is 1.33 bits per heavy atom. The number of aryl methyl sites for hydroxylation is 1. The van der Waals surface area contributed by atoms with Crippen molar-refractivity contribution in [3.8, 4) is 0 Å². The highest BCUT2D eigenvalue weighted by atomic mass is 16.5. The van der Waals surface area contributed by atoms with E-state index in [0.717, 1.165) is 35.0 Å². The van der Waals surface area contributed by atoms with Crippen LogP contribution in [0.3, 0.4) is 0 Å². The Morgan fingerprint density at radius 3 is 2.75 bits per heavy atom. The van der Waals surface area contributed by atoms with Gasteiger partial charge in [-0.05, 0) is 26.0 Å². The molecule has 24 heavy (non-hydrogen) atoms. The SMILES string of the molecule is COCCN(C)c1ccc(NCc2c(C)nn(CCO)c2C)nc1. The Labute approximate surface area is 143 Å². The second-order valence-electron chi connectivity index (χ2n) is 5.77. The molecular weight excluding hydrogens is 306 g/mol. The van der Waals surface area contributed by atoms with E-state index in [9.17, 15) is 0 Å².